The molecule has 2 N–H and O–H groups in total. The summed E-state index contributed by atoms with van der Waals surface area (Å²) in [4.78, 5) is 31.8. The number of piperidine rings is 1. The number of ether oxygens (including phenoxy) is 1. The molecule has 2 aliphatic rings. The molecule has 1 amide bonds. The lowest BCUT2D eigenvalue weighted by Crippen LogP contribution is -2.48. The lowest BCUT2D eigenvalue weighted by atomic mass is 9.87. The predicted molar refractivity (Wildman–Crippen MR) is 153 cm³/mol. The first kappa shape index (κ1) is 28.4. The summed E-state index contributed by atoms with van der Waals surface area (Å²) in [6.07, 6.45) is 6.52. The van der Waals surface area contributed by atoms with Crippen molar-refractivity contribution in [2.24, 2.45) is 5.92 Å². The van der Waals surface area contributed by atoms with Crippen molar-refractivity contribution in [3.8, 4) is 5.75 Å². The van der Waals surface area contributed by atoms with Crippen LogP contribution < -0.4 is 14.9 Å². The van der Waals surface area contributed by atoms with Gasteiger partial charge < -0.3 is 15.0 Å². The molecular weight excluding hydrogens is 529 g/mol. The number of hydrogen-bond donors (Lipinski definition) is 2. The number of H-pyrrole nitrogens is 1. The van der Waals surface area contributed by atoms with Crippen LogP contribution in [-0.4, -0.2) is 51.2 Å². The molecule has 1 unspecified atom stereocenters. The monoisotopic (exact) mass is 567 g/mol. The van der Waals surface area contributed by atoms with E-state index >= 15 is 4.39 Å². The second kappa shape index (κ2) is 12.6. The lowest BCUT2D eigenvalue weighted by Gasteiger charge is -2.38. The van der Waals surface area contributed by atoms with Gasteiger partial charge in [-0.15, -0.1) is 0 Å². The highest BCUT2D eigenvalue weighted by Gasteiger charge is 2.30. The number of carbonyl (C=O) groups is 1. The summed E-state index contributed by atoms with van der Waals surface area (Å²) >= 11 is 1.05. The van der Waals surface area contributed by atoms with Gasteiger partial charge in [0.05, 0.1) is 5.56 Å². The van der Waals surface area contributed by atoms with Crippen molar-refractivity contribution >= 4 is 17.2 Å². The molecule has 3 heterocycles. The predicted octanol–water partition coefficient (Wildman–Crippen LogP) is 4.59. The maximum absolute atomic E-state index is 15.2. The van der Waals surface area contributed by atoms with E-state index < -0.39 is 11.7 Å². The molecule has 10 heteroatoms. The smallest absolute Gasteiger partial charge is 0.322 e. The van der Waals surface area contributed by atoms with Gasteiger partial charge in [-0.05, 0) is 108 Å². The minimum Gasteiger partial charge on any atom is -0.489 e. The van der Waals surface area contributed by atoms with E-state index in [1.807, 2.05) is 13.0 Å². The molecule has 1 aromatic carbocycles. The molecule has 0 bridgehead atoms. The average Bonchev–Trinajstić information content (AvgIpc) is 3.35. The molecule has 1 aliphatic carbocycles. The van der Waals surface area contributed by atoms with E-state index in [0.717, 1.165) is 79.9 Å². The van der Waals surface area contributed by atoms with Gasteiger partial charge in [0.25, 0.3) is 5.91 Å². The average molecular weight is 568 g/mol. The molecule has 0 spiro atoms. The fourth-order valence-corrected chi connectivity index (χ4v) is 6.62. The van der Waals surface area contributed by atoms with E-state index in [4.69, 9.17) is 4.74 Å². The first-order valence-electron chi connectivity index (χ1n) is 14.3. The molecule has 40 heavy (non-hydrogen) atoms. The van der Waals surface area contributed by atoms with Gasteiger partial charge in [-0.2, -0.15) is 5.10 Å². The van der Waals surface area contributed by atoms with E-state index in [2.05, 4.69) is 39.2 Å². The number of amides is 1. The largest absolute Gasteiger partial charge is 0.489 e. The Morgan fingerprint density at radius 2 is 2.00 bits per heavy atom. The van der Waals surface area contributed by atoms with Crippen LogP contribution in [0.1, 0.15) is 77.4 Å². The Morgan fingerprint density at radius 3 is 2.70 bits per heavy atom. The highest BCUT2D eigenvalue weighted by molar-refractivity contribution is 7.08. The number of aromatic amines is 1. The topological polar surface area (TPSA) is 100 Å². The van der Waals surface area contributed by atoms with Gasteiger partial charge >= 0.3 is 4.87 Å². The zero-order valence-electron chi connectivity index (χ0n) is 23.5. The van der Waals surface area contributed by atoms with Crippen molar-refractivity contribution in [2.45, 2.75) is 84.4 Å². The number of rotatable bonds is 9. The van der Waals surface area contributed by atoms with E-state index in [9.17, 15) is 9.59 Å². The maximum atomic E-state index is 15.2. The summed E-state index contributed by atoms with van der Waals surface area (Å²) in [6, 6.07) is 6.67. The Bertz CT molecular complexity index is 1400. The van der Waals surface area contributed by atoms with Gasteiger partial charge in [-0.1, -0.05) is 11.3 Å². The number of aromatic nitrogens is 3. The third kappa shape index (κ3) is 6.78. The van der Waals surface area contributed by atoms with Crippen LogP contribution in [0.4, 0.5) is 4.39 Å². The Morgan fingerprint density at radius 1 is 1.23 bits per heavy atom. The summed E-state index contributed by atoms with van der Waals surface area (Å²) in [5, 5.41) is 10.3. The van der Waals surface area contributed by atoms with Gasteiger partial charge in [0.2, 0.25) is 0 Å². The van der Waals surface area contributed by atoms with Crippen LogP contribution >= 0.6 is 11.3 Å². The Hall–Kier alpha value is -3.11. The van der Waals surface area contributed by atoms with Crippen LogP contribution in [0.15, 0.2) is 29.1 Å². The van der Waals surface area contributed by atoms with Crippen molar-refractivity contribution in [1.29, 1.82) is 0 Å². The molecule has 5 rings (SSSR count). The van der Waals surface area contributed by atoms with Crippen LogP contribution in [0.25, 0.3) is 0 Å². The maximum Gasteiger partial charge on any atom is 0.322 e. The molecule has 8 nitrogen and oxygen atoms in total. The molecule has 1 aliphatic heterocycles. The van der Waals surface area contributed by atoms with Gasteiger partial charge in [0.1, 0.15) is 23.2 Å². The number of carbonyl (C=O) groups excluding carboxylic acids is 1. The number of benzene rings is 1. The van der Waals surface area contributed by atoms with E-state index in [-0.39, 0.29) is 22.4 Å². The minimum absolute atomic E-state index is 0.0238. The fraction of sp³-hybridized carbons (Fsp3) is 0.533. The number of halogens is 1. The van der Waals surface area contributed by atoms with Crippen molar-refractivity contribution in [1.82, 2.24) is 25.4 Å². The van der Waals surface area contributed by atoms with Crippen molar-refractivity contribution in [3.05, 3.63) is 72.8 Å². The third-order valence-electron chi connectivity index (χ3n) is 8.17. The first-order valence-corrected chi connectivity index (χ1v) is 15.1. The Kier molecular flexibility index (Phi) is 8.95. The third-order valence-corrected chi connectivity index (χ3v) is 8.94. The fourth-order valence-electron chi connectivity index (χ4n) is 5.96. The van der Waals surface area contributed by atoms with E-state index in [1.54, 1.807) is 6.07 Å². The van der Waals surface area contributed by atoms with E-state index in [1.165, 1.54) is 17.7 Å². The summed E-state index contributed by atoms with van der Waals surface area (Å²) in [5.74, 6) is -0.506. The lowest BCUT2D eigenvalue weighted by molar-refractivity contribution is 0.0873. The second-order valence-electron chi connectivity index (χ2n) is 11.2. The number of aryl methyl sites for hydroxylation is 2. The van der Waals surface area contributed by atoms with Crippen LogP contribution in [0.2, 0.25) is 0 Å². The van der Waals surface area contributed by atoms with Gasteiger partial charge in [-0.25, -0.2) is 9.49 Å². The van der Waals surface area contributed by atoms with E-state index in [0.29, 0.717) is 29.8 Å². The van der Waals surface area contributed by atoms with Gasteiger partial charge in [0.15, 0.2) is 0 Å². The molecule has 214 valence electrons. The first-order chi connectivity index (χ1) is 19.3. The minimum atomic E-state index is -0.624. The van der Waals surface area contributed by atoms with Crippen LogP contribution in [-0.2, 0) is 25.9 Å². The number of hydrogen-bond acceptors (Lipinski definition) is 7. The number of fused-ring (bicyclic) bond motifs is 1. The summed E-state index contributed by atoms with van der Waals surface area (Å²) < 4.78 is 21.2. The molecule has 0 saturated carbocycles. The standard InChI is InChI=1S/C30H38FN5O3S/c1-18(2)36-12-10-20(11-13-36)27(16-28-34-35-30(38)40-28)33-29(37)24-9-8-22(15-25(24)31)39-17-21-14-19(3)32-26-7-5-4-6-23(21)26/h8-9,14-15,18,20,27H,4-7,10-13,16-17H2,1-3H3,(H,33,37)(H,35,38). The van der Waals surface area contributed by atoms with Crippen molar-refractivity contribution in [3.63, 3.8) is 0 Å². The zero-order chi connectivity index (χ0) is 28.2. The Labute approximate surface area is 238 Å². The van der Waals surface area contributed by atoms with Crippen LogP contribution in [0.3, 0.4) is 0 Å². The molecule has 0 radical (unpaired) electrons. The number of pyridine rings is 1. The molecule has 1 fully saturated rings. The summed E-state index contributed by atoms with van der Waals surface area (Å²) in [5.41, 5.74) is 4.43. The number of likely N-dealkylation sites (tertiary alicyclic amines) is 1. The molecule has 3 aromatic rings. The normalized spacial score (nSPS) is 17.0. The second-order valence-corrected chi connectivity index (χ2v) is 12.3. The molecular formula is C30H38FN5O3S. The molecule has 1 atom stereocenters. The van der Waals surface area contributed by atoms with Gasteiger partial charge in [-0.3, -0.25) is 14.6 Å². The molecule has 2 aromatic heterocycles. The van der Waals surface area contributed by atoms with Crippen molar-refractivity contribution in [2.75, 3.05) is 13.1 Å². The molecule has 1 saturated heterocycles. The van der Waals surface area contributed by atoms with Crippen LogP contribution in [0, 0.1) is 18.7 Å². The zero-order valence-corrected chi connectivity index (χ0v) is 24.3. The number of nitrogens with zero attached hydrogens (tertiary/aromatic N) is 3. The number of nitrogens with one attached hydrogen (secondary N) is 2. The SMILES string of the molecule is Cc1cc(COc2ccc(C(=O)NC(Cc3n[nH]c(=O)s3)C3CCN(C(C)C)CC3)c(F)c2)c2c(n1)CCCC2. The summed E-state index contributed by atoms with van der Waals surface area (Å²) in [6.45, 7) is 8.56. The quantitative estimate of drug-likeness (QED) is 0.392. The Balaban J connectivity index is 1.27. The van der Waals surface area contributed by atoms with Crippen LogP contribution in [0.5, 0.6) is 5.75 Å². The van der Waals surface area contributed by atoms with Gasteiger partial charge in [0, 0.05) is 36.0 Å². The highest BCUT2D eigenvalue weighted by atomic mass is 32.1. The summed E-state index contributed by atoms with van der Waals surface area (Å²) in [7, 11) is 0. The van der Waals surface area contributed by atoms with Crippen molar-refractivity contribution < 1.29 is 13.9 Å². The highest BCUT2D eigenvalue weighted by Crippen LogP contribution is 2.27.